The van der Waals surface area contributed by atoms with Gasteiger partial charge in [0.15, 0.2) is 0 Å². The summed E-state index contributed by atoms with van der Waals surface area (Å²) in [6, 6.07) is 16.8. The summed E-state index contributed by atoms with van der Waals surface area (Å²) in [5.41, 5.74) is 2.01. The van der Waals surface area contributed by atoms with E-state index in [-0.39, 0.29) is 17.5 Å². The Morgan fingerprint density at radius 2 is 1.74 bits per heavy atom. The highest BCUT2D eigenvalue weighted by Crippen LogP contribution is 2.28. The average Bonchev–Trinajstić information content (AvgIpc) is 3.02. The molecule has 1 heterocycles. The van der Waals surface area contributed by atoms with Crippen LogP contribution >= 0.6 is 11.3 Å². The molecule has 3 rings (SSSR count). The predicted molar refractivity (Wildman–Crippen MR) is 106 cm³/mol. The lowest BCUT2D eigenvalue weighted by Gasteiger charge is -2.13. The average molecular weight is 382 g/mol. The highest BCUT2D eigenvalue weighted by molar-refractivity contribution is 7.18. The van der Waals surface area contributed by atoms with Gasteiger partial charge in [-0.15, -0.1) is 11.3 Å². The van der Waals surface area contributed by atoms with Crippen LogP contribution in [0.3, 0.4) is 0 Å². The van der Waals surface area contributed by atoms with E-state index in [1.54, 1.807) is 6.07 Å². The van der Waals surface area contributed by atoms with Gasteiger partial charge < -0.3 is 10.6 Å². The second-order valence-corrected chi connectivity index (χ2v) is 7.25. The van der Waals surface area contributed by atoms with E-state index < -0.39 is 11.7 Å². The fraction of sp³-hybridized carbons (Fsp3) is 0.143. The normalized spacial score (nSPS) is 11.7. The van der Waals surface area contributed by atoms with E-state index in [2.05, 4.69) is 10.6 Å². The molecule has 138 valence electrons. The van der Waals surface area contributed by atoms with Crippen molar-refractivity contribution < 1.29 is 14.0 Å². The summed E-state index contributed by atoms with van der Waals surface area (Å²) in [6.45, 7) is 3.74. The summed E-state index contributed by atoms with van der Waals surface area (Å²) in [5.74, 6) is -1.08. The van der Waals surface area contributed by atoms with Gasteiger partial charge in [0.05, 0.1) is 15.9 Å². The Bertz CT molecular complexity index is 969. The molecule has 27 heavy (non-hydrogen) atoms. The Labute approximate surface area is 161 Å². The molecule has 1 atom stereocenters. The number of amides is 2. The van der Waals surface area contributed by atoms with Crippen LogP contribution in [0.1, 0.15) is 44.1 Å². The molecule has 1 aromatic heterocycles. The number of carbonyl (C=O) groups is 2. The van der Waals surface area contributed by atoms with E-state index in [4.69, 9.17) is 0 Å². The van der Waals surface area contributed by atoms with Crippen molar-refractivity contribution in [3.8, 4) is 0 Å². The summed E-state index contributed by atoms with van der Waals surface area (Å²) in [5, 5.41) is 6.23. The third-order valence-electron chi connectivity index (χ3n) is 4.09. The van der Waals surface area contributed by atoms with Crippen molar-refractivity contribution in [2.45, 2.75) is 19.9 Å². The van der Waals surface area contributed by atoms with Crippen molar-refractivity contribution in [2.24, 2.45) is 0 Å². The third-order valence-corrected chi connectivity index (χ3v) is 5.25. The molecule has 0 fully saturated rings. The maximum absolute atomic E-state index is 13.3. The van der Waals surface area contributed by atoms with Crippen molar-refractivity contribution in [1.82, 2.24) is 5.32 Å². The van der Waals surface area contributed by atoms with Gasteiger partial charge in [0.25, 0.3) is 11.8 Å². The lowest BCUT2D eigenvalue weighted by Crippen LogP contribution is -2.26. The summed E-state index contributed by atoms with van der Waals surface area (Å²) >= 11 is 1.19. The molecular weight excluding hydrogens is 363 g/mol. The van der Waals surface area contributed by atoms with Gasteiger partial charge >= 0.3 is 0 Å². The third kappa shape index (κ3) is 4.60. The van der Waals surface area contributed by atoms with Gasteiger partial charge in [0, 0.05) is 5.56 Å². The first-order chi connectivity index (χ1) is 12.9. The minimum Gasteiger partial charge on any atom is -0.345 e. The number of nitrogens with one attached hydrogen (secondary N) is 2. The zero-order valence-corrected chi connectivity index (χ0v) is 15.8. The predicted octanol–water partition coefficient (Wildman–Crippen LogP) is 4.94. The van der Waals surface area contributed by atoms with Crippen LogP contribution in [0.25, 0.3) is 0 Å². The Kier molecular flexibility index (Phi) is 5.66. The smallest absolute Gasteiger partial charge is 0.262 e. The zero-order valence-electron chi connectivity index (χ0n) is 15.0. The molecular formula is C21H19FN2O2S. The number of anilines is 1. The number of hydrogen-bond donors (Lipinski definition) is 2. The molecule has 0 radical (unpaired) electrons. The van der Waals surface area contributed by atoms with Crippen LogP contribution < -0.4 is 10.6 Å². The van der Waals surface area contributed by atoms with Crippen LogP contribution in [-0.4, -0.2) is 11.8 Å². The standard InChI is InChI=1S/C21H19FN2O2S/c1-13-11-18(24-20(25)16-9-6-10-17(22)12-16)27-19(13)21(26)23-14(2)15-7-4-3-5-8-15/h3-12,14H,1-2H3,(H,23,26)(H,24,25)/t14-/m0/s1. The fourth-order valence-corrected chi connectivity index (χ4v) is 3.64. The number of halogens is 1. The summed E-state index contributed by atoms with van der Waals surface area (Å²) < 4.78 is 13.3. The Balaban J connectivity index is 1.70. The molecule has 3 aromatic rings. The number of hydrogen-bond acceptors (Lipinski definition) is 3. The van der Waals surface area contributed by atoms with Gasteiger partial charge in [0.1, 0.15) is 5.82 Å². The molecule has 2 amide bonds. The van der Waals surface area contributed by atoms with Crippen molar-refractivity contribution in [2.75, 3.05) is 5.32 Å². The molecule has 0 aliphatic heterocycles. The zero-order chi connectivity index (χ0) is 19.4. The Morgan fingerprint density at radius 1 is 1.00 bits per heavy atom. The van der Waals surface area contributed by atoms with Gasteiger partial charge in [-0.3, -0.25) is 9.59 Å². The summed E-state index contributed by atoms with van der Waals surface area (Å²) in [4.78, 5) is 25.4. The SMILES string of the molecule is Cc1cc(NC(=O)c2cccc(F)c2)sc1C(=O)N[C@@H](C)c1ccccc1. The summed E-state index contributed by atoms with van der Waals surface area (Å²) in [7, 11) is 0. The van der Waals surface area contributed by atoms with Crippen LogP contribution in [0.5, 0.6) is 0 Å². The van der Waals surface area contributed by atoms with Crippen molar-refractivity contribution in [3.63, 3.8) is 0 Å². The minimum absolute atomic E-state index is 0.134. The quantitative estimate of drug-likeness (QED) is 0.657. The molecule has 0 aliphatic carbocycles. The molecule has 0 saturated carbocycles. The topological polar surface area (TPSA) is 58.2 Å². The maximum Gasteiger partial charge on any atom is 0.262 e. The number of rotatable bonds is 5. The van der Waals surface area contributed by atoms with Crippen LogP contribution in [-0.2, 0) is 0 Å². The fourth-order valence-electron chi connectivity index (χ4n) is 2.67. The molecule has 0 bridgehead atoms. The highest BCUT2D eigenvalue weighted by atomic mass is 32.1. The number of benzene rings is 2. The Hall–Kier alpha value is -2.99. The second-order valence-electron chi connectivity index (χ2n) is 6.19. The van der Waals surface area contributed by atoms with Gasteiger partial charge in [-0.25, -0.2) is 4.39 Å². The largest absolute Gasteiger partial charge is 0.345 e. The second kappa shape index (κ2) is 8.14. The van der Waals surface area contributed by atoms with Crippen molar-refractivity contribution in [1.29, 1.82) is 0 Å². The maximum atomic E-state index is 13.3. The van der Waals surface area contributed by atoms with E-state index in [0.717, 1.165) is 11.1 Å². The van der Waals surface area contributed by atoms with Gasteiger partial charge in [-0.2, -0.15) is 0 Å². The monoisotopic (exact) mass is 382 g/mol. The number of aryl methyl sites for hydroxylation is 1. The lowest BCUT2D eigenvalue weighted by atomic mass is 10.1. The van der Waals surface area contributed by atoms with Crippen LogP contribution in [0.4, 0.5) is 9.39 Å². The molecule has 6 heteroatoms. The number of carbonyl (C=O) groups excluding carboxylic acids is 2. The van der Waals surface area contributed by atoms with E-state index in [9.17, 15) is 14.0 Å². The van der Waals surface area contributed by atoms with Crippen molar-refractivity contribution in [3.05, 3.63) is 88.0 Å². The Morgan fingerprint density at radius 3 is 2.44 bits per heavy atom. The molecule has 4 nitrogen and oxygen atoms in total. The van der Waals surface area contributed by atoms with Gasteiger partial charge in [-0.05, 0) is 49.2 Å². The molecule has 0 saturated heterocycles. The van der Waals surface area contributed by atoms with Gasteiger partial charge in [0.2, 0.25) is 0 Å². The molecule has 0 aliphatic rings. The molecule has 2 aromatic carbocycles. The first kappa shape index (κ1) is 18.8. The molecule has 0 spiro atoms. The number of thiophene rings is 1. The first-order valence-electron chi connectivity index (χ1n) is 8.47. The van der Waals surface area contributed by atoms with Crippen LogP contribution in [0, 0.1) is 12.7 Å². The van der Waals surface area contributed by atoms with E-state index in [0.29, 0.717) is 9.88 Å². The van der Waals surface area contributed by atoms with Crippen molar-refractivity contribution >= 4 is 28.2 Å². The lowest BCUT2D eigenvalue weighted by molar-refractivity contribution is 0.0942. The highest BCUT2D eigenvalue weighted by Gasteiger charge is 2.18. The van der Waals surface area contributed by atoms with E-state index in [1.165, 1.54) is 35.6 Å². The molecule has 2 N–H and O–H groups in total. The van der Waals surface area contributed by atoms with Gasteiger partial charge in [-0.1, -0.05) is 36.4 Å². The van der Waals surface area contributed by atoms with Crippen LogP contribution in [0.15, 0.2) is 60.7 Å². The minimum atomic E-state index is -0.472. The molecule has 0 unspecified atom stereocenters. The first-order valence-corrected chi connectivity index (χ1v) is 9.29. The van der Waals surface area contributed by atoms with E-state index in [1.807, 2.05) is 44.2 Å². The summed E-state index contributed by atoms with van der Waals surface area (Å²) in [6.07, 6.45) is 0. The van der Waals surface area contributed by atoms with E-state index >= 15 is 0 Å². The van der Waals surface area contributed by atoms with Crippen LogP contribution in [0.2, 0.25) is 0 Å².